The van der Waals surface area contributed by atoms with E-state index in [0.717, 1.165) is 0 Å². The number of carbonyl (C=O) groups excluding carboxylic acids is 2. The van der Waals surface area contributed by atoms with Crippen molar-refractivity contribution in [1.82, 2.24) is 4.90 Å². The van der Waals surface area contributed by atoms with Gasteiger partial charge in [0.1, 0.15) is 6.10 Å². The molecule has 1 aliphatic heterocycles. The van der Waals surface area contributed by atoms with Crippen molar-refractivity contribution >= 4 is 11.9 Å². The molecule has 0 aromatic carbocycles. The maximum Gasteiger partial charge on any atom is 0.302 e. The summed E-state index contributed by atoms with van der Waals surface area (Å²) < 4.78 is 5.14. The van der Waals surface area contributed by atoms with Gasteiger partial charge in [-0.15, -0.1) is 13.2 Å². The molecule has 1 saturated heterocycles. The Bertz CT molecular complexity index is 311. The lowest BCUT2D eigenvalue weighted by atomic mass is 10.1. The summed E-state index contributed by atoms with van der Waals surface area (Å²) in [4.78, 5) is 24.3. The Kier molecular flexibility index (Phi) is 4.28. The molecule has 0 spiro atoms. The molecule has 1 amide bonds. The first-order chi connectivity index (χ1) is 7.60. The van der Waals surface area contributed by atoms with Crippen molar-refractivity contribution in [1.29, 1.82) is 0 Å². The molecule has 0 radical (unpaired) electrons. The third-order valence-electron chi connectivity index (χ3n) is 2.58. The molecule has 0 bridgehead atoms. The molecule has 1 aliphatic rings. The predicted octanol–water partition coefficient (Wildman–Crippen LogP) is 1.28. The van der Waals surface area contributed by atoms with Gasteiger partial charge in [-0.2, -0.15) is 0 Å². The fourth-order valence-electron chi connectivity index (χ4n) is 1.97. The Hall–Kier alpha value is -1.58. The first kappa shape index (κ1) is 12.5. The Morgan fingerprint density at radius 3 is 2.75 bits per heavy atom. The molecule has 2 atom stereocenters. The van der Waals surface area contributed by atoms with Crippen LogP contribution >= 0.6 is 0 Å². The summed E-state index contributed by atoms with van der Waals surface area (Å²) in [5.74, 6) is -0.356. The normalized spacial score (nSPS) is 24.3. The minimum absolute atomic E-state index is 0.00185. The number of carbonyl (C=O) groups is 2. The van der Waals surface area contributed by atoms with Crippen molar-refractivity contribution in [2.45, 2.75) is 31.9 Å². The van der Waals surface area contributed by atoms with Crippen LogP contribution in [0.1, 0.15) is 19.8 Å². The van der Waals surface area contributed by atoms with Gasteiger partial charge >= 0.3 is 5.97 Å². The summed E-state index contributed by atoms with van der Waals surface area (Å²) in [6.07, 6.45) is 3.92. The number of nitrogens with zero attached hydrogens (tertiary/aromatic N) is 1. The summed E-state index contributed by atoms with van der Waals surface area (Å²) in [6, 6.07) is -0.105. The van der Waals surface area contributed by atoms with Gasteiger partial charge in [0.05, 0.1) is 12.5 Å². The number of rotatable bonds is 5. The number of hydrogen-bond donors (Lipinski definition) is 0. The highest BCUT2D eigenvalue weighted by atomic mass is 16.5. The highest BCUT2D eigenvalue weighted by Gasteiger charge is 2.40. The Balaban J connectivity index is 2.78. The standard InChI is InChI=1S/C12H17NO3/c1-4-6-10-11(16-9(3)14)8-12(15)13(10)7-5-2/h4-5,10-11H,1-2,6-8H2,3H3/t10-,11+/m1/s1. The highest BCUT2D eigenvalue weighted by Crippen LogP contribution is 2.25. The van der Waals surface area contributed by atoms with Crippen molar-refractivity contribution in [3.8, 4) is 0 Å². The predicted molar refractivity (Wildman–Crippen MR) is 60.7 cm³/mol. The topological polar surface area (TPSA) is 46.6 Å². The van der Waals surface area contributed by atoms with Crippen molar-refractivity contribution in [2.75, 3.05) is 6.54 Å². The molecular weight excluding hydrogens is 206 g/mol. The minimum atomic E-state index is -0.358. The van der Waals surface area contributed by atoms with Crippen molar-refractivity contribution in [2.24, 2.45) is 0 Å². The number of amides is 1. The van der Waals surface area contributed by atoms with Crippen molar-refractivity contribution in [3.63, 3.8) is 0 Å². The van der Waals surface area contributed by atoms with Gasteiger partial charge in [-0.25, -0.2) is 0 Å². The molecule has 0 aromatic heterocycles. The van der Waals surface area contributed by atoms with Crippen LogP contribution in [0.15, 0.2) is 25.3 Å². The number of hydrogen-bond acceptors (Lipinski definition) is 3. The molecule has 0 unspecified atom stereocenters. The SMILES string of the molecule is C=CC[C@@H]1[C@@H](OC(C)=O)CC(=O)N1CC=C. The van der Waals surface area contributed by atoms with Crippen molar-refractivity contribution in [3.05, 3.63) is 25.3 Å². The fraction of sp³-hybridized carbons (Fsp3) is 0.500. The fourth-order valence-corrected chi connectivity index (χ4v) is 1.97. The van der Waals surface area contributed by atoms with E-state index < -0.39 is 0 Å². The van der Waals surface area contributed by atoms with E-state index in [2.05, 4.69) is 13.2 Å². The first-order valence-electron chi connectivity index (χ1n) is 5.28. The van der Waals surface area contributed by atoms with Crippen LogP contribution in [-0.4, -0.2) is 35.5 Å². The van der Waals surface area contributed by atoms with E-state index in [1.807, 2.05) is 0 Å². The van der Waals surface area contributed by atoms with Gasteiger partial charge in [-0.1, -0.05) is 12.2 Å². The van der Waals surface area contributed by atoms with Gasteiger partial charge in [0.15, 0.2) is 0 Å². The molecule has 0 N–H and O–H groups in total. The van der Waals surface area contributed by atoms with Gasteiger partial charge < -0.3 is 9.64 Å². The molecular formula is C12H17NO3. The number of ether oxygens (including phenoxy) is 1. The van der Waals surface area contributed by atoms with Crippen LogP contribution in [0.25, 0.3) is 0 Å². The summed E-state index contributed by atoms with van der Waals surface area (Å²) in [5.41, 5.74) is 0. The van der Waals surface area contributed by atoms with E-state index in [4.69, 9.17) is 4.74 Å². The van der Waals surface area contributed by atoms with Crippen LogP contribution < -0.4 is 0 Å². The molecule has 16 heavy (non-hydrogen) atoms. The Morgan fingerprint density at radius 1 is 1.56 bits per heavy atom. The monoisotopic (exact) mass is 223 g/mol. The summed E-state index contributed by atoms with van der Waals surface area (Å²) in [7, 11) is 0. The lowest BCUT2D eigenvalue weighted by Crippen LogP contribution is -2.38. The number of likely N-dealkylation sites (tertiary alicyclic amines) is 1. The van der Waals surface area contributed by atoms with Gasteiger partial charge in [-0.05, 0) is 6.42 Å². The van der Waals surface area contributed by atoms with Gasteiger partial charge in [0, 0.05) is 13.5 Å². The molecule has 1 fully saturated rings. The first-order valence-corrected chi connectivity index (χ1v) is 5.28. The third-order valence-corrected chi connectivity index (χ3v) is 2.58. The minimum Gasteiger partial charge on any atom is -0.460 e. The van der Waals surface area contributed by atoms with E-state index in [1.165, 1.54) is 6.92 Å². The van der Waals surface area contributed by atoms with E-state index in [1.54, 1.807) is 17.1 Å². The molecule has 88 valence electrons. The zero-order chi connectivity index (χ0) is 12.1. The molecule has 1 heterocycles. The van der Waals surface area contributed by atoms with Gasteiger partial charge in [-0.3, -0.25) is 9.59 Å². The highest BCUT2D eigenvalue weighted by molar-refractivity contribution is 5.80. The Morgan fingerprint density at radius 2 is 2.25 bits per heavy atom. The summed E-state index contributed by atoms with van der Waals surface area (Å²) in [5, 5.41) is 0. The lowest BCUT2D eigenvalue weighted by molar-refractivity contribution is -0.147. The second kappa shape index (κ2) is 5.49. The van der Waals surface area contributed by atoms with Crippen molar-refractivity contribution < 1.29 is 14.3 Å². The van der Waals surface area contributed by atoms with Crippen LogP contribution in [0.2, 0.25) is 0 Å². The second-order valence-electron chi connectivity index (χ2n) is 3.78. The molecule has 1 rings (SSSR count). The van der Waals surface area contributed by atoms with Crippen LogP contribution in [-0.2, 0) is 14.3 Å². The zero-order valence-electron chi connectivity index (χ0n) is 9.52. The molecule has 0 saturated carbocycles. The summed E-state index contributed by atoms with van der Waals surface area (Å²) in [6.45, 7) is 9.10. The van der Waals surface area contributed by atoms with E-state index >= 15 is 0 Å². The van der Waals surface area contributed by atoms with Crippen LogP contribution in [0.4, 0.5) is 0 Å². The van der Waals surface area contributed by atoms with Crippen LogP contribution in [0.5, 0.6) is 0 Å². The van der Waals surface area contributed by atoms with E-state index in [9.17, 15) is 9.59 Å². The quantitative estimate of drug-likeness (QED) is 0.521. The zero-order valence-corrected chi connectivity index (χ0v) is 9.52. The Labute approximate surface area is 95.6 Å². The van der Waals surface area contributed by atoms with Crippen LogP contribution in [0, 0.1) is 0 Å². The molecule has 0 aliphatic carbocycles. The summed E-state index contributed by atoms with van der Waals surface area (Å²) >= 11 is 0. The maximum atomic E-state index is 11.7. The van der Waals surface area contributed by atoms with Crippen LogP contribution in [0.3, 0.4) is 0 Å². The van der Waals surface area contributed by atoms with E-state index in [-0.39, 0.29) is 30.4 Å². The van der Waals surface area contributed by atoms with E-state index in [0.29, 0.717) is 13.0 Å². The lowest BCUT2D eigenvalue weighted by Gasteiger charge is -2.25. The third kappa shape index (κ3) is 2.72. The van der Waals surface area contributed by atoms with Gasteiger partial charge in [0.25, 0.3) is 0 Å². The second-order valence-corrected chi connectivity index (χ2v) is 3.78. The van der Waals surface area contributed by atoms with Gasteiger partial charge in [0.2, 0.25) is 5.91 Å². The molecule has 4 nitrogen and oxygen atoms in total. The smallest absolute Gasteiger partial charge is 0.302 e. The largest absolute Gasteiger partial charge is 0.460 e. The molecule has 4 heteroatoms. The average Bonchev–Trinajstić information content (AvgIpc) is 2.46. The average molecular weight is 223 g/mol. The molecule has 0 aromatic rings. The maximum absolute atomic E-state index is 11.7. The number of esters is 1.